The maximum atomic E-state index is 4.26. The van der Waals surface area contributed by atoms with E-state index in [2.05, 4.69) is 37.2 Å². The Morgan fingerprint density at radius 2 is 2.14 bits per heavy atom. The molecule has 0 aliphatic carbocycles. The molecule has 0 aliphatic heterocycles. The van der Waals surface area contributed by atoms with Gasteiger partial charge in [0.1, 0.15) is 5.82 Å². The monoisotopic (exact) mass is 251 g/mol. The van der Waals surface area contributed by atoms with Gasteiger partial charge in [-0.15, -0.1) is 0 Å². The fraction of sp³-hybridized carbons (Fsp3) is 0.200. The number of aryl methyl sites for hydroxylation is 1. The summed E-state index contributed by atoms with van der Waals surface area (Å²) >= 11 is 3.49. The number of rotatable bonds is 2. The van der Waals surface area contributed by atoms with E-state index in [0.717, 1.165) is 22.5 Å². The summed E-state index contributed by atoms with van der Waals surface area (Å²) in [5.41, 5.74) is 1.20. The Bertz CT molecular complexity index is 436. The molecule has 2 aromatic rings. The van der Waals surface area contributed by atoms with Gasteiger partial charge in [-0.3, -0.25) is 5.10 Å². The summed E-state index contributed by atoms with van der Waals surface area (Å²) in [7, 11) is 0. The predicted octanol–water partition coefficient (Wildman–Crippen LogP) is 2.47. The molecule has 1 aromatic heterocycles. The zero-order valence-corrected chi connectivity index (χ0v) is 9.37. The summed E-state index contributed by atoms with van der Waals surface area (Å²) < 4.78 is 1.10. The maximum Gasteiger partial charge on any atom is 0.155 e. The highest BCUT2D eigenvalue weighted by atomic mass is 79.9. The second-order valence-corrected chi connectivity index (χ2v) is 3.96. The zero-order chi connectivity index (χ0) is 9.97. The second-order valence-electron chi connectivity index (χ2n) is 3.11. The van der Waals surface area contributed by atoms with Gasteiger partial charge in [0.05, 0.1) is 0 Å². The molecule has 0 saturated heterocycles. The summed E-state index contributed by atoms with van der Waals surface area (Å²) in [6.45, 7) is 1.90. The van der Waals surface area contributed by atoms with Crippen LogP contribution in [0.1, 0.15) is 17.2 Å². The van der Waals surface area contributed by atoms with Crippen molar-refractivity contribution in [3.8, 4) is 0 Å². The van der Waals surface area contributed by atoms with Crippen molar-refractivity contribution < 1.29 is 0 Å². The minimum atomic E-state index is 0.756. The van der Waals surface area contributed by atoms with Crippen molar-refractivity contribution in [1.82, 2.24) is 15.2 Å². The maximum absolute atomic E-state index is 4.26. The van der Waals surface area contributed by atoms with Crippen LogP contribution in [-0.4, -0.2) is 15.2 Å². The van der Waals surface area contributed by atoms with Gasteiger partial charge in [-0.1, -0.05) is 34.1 Å². The molecule has 2 rings (SSSR count). The number of benzene rings is 1. The SMILES string of the molecule is Cc1nc(Cc2ccccc2Br)n[nH]1. The van der Waals surface area contributed by atoms with Gasteiger partial charge in [-0.2, -0.15) is 5.10 Å². The smallest absolute Gasteiger partial charge is 0.155 e. The number of halogens is 1. The van der Waals surface area contributed by atoms with Crippen LogP contribution in [0.5, 0.6) is 0 Å². The summed E-state index contributed by atoms with van der Waals surface area (Å²) in [5, 5.41) is 6.93. The number of aromatic nitrogens is 3. The van der Waals surface area contributed by atoms with Crippen LogP contribution < -0.4 is 0 Å². The van der Waals surface area contributed by atoms with Crippen LogP contribution >= 0.6 is 15.9 Å². The van der Waals surface area contributed by atoms with Gasteiger partial charge in [0.25, 0.3) is 0 Å². The van der Waals surface area contributed by atoms with Gasteiger partial charge in [0.2, 0.25) is 0 Å². The number of H-pyrrole nitrogens is 1. The predicted molar refractivity (Wildman–Crippen MR) is 58.1 cm³/mol. The van der Waals surface area contributed by atoms with E-state index in [0.29, 0.717) is 0 Å². The molecule has 0 atom stereocenters. The molecule has 14 heavy (non-hydrogen) atoms. The summed E-state index contributed by atoms with van der Waals surface area (Å²) in [4.78, 5) is 4.26. The standard InChI is InChI=1S/C10H10BrN3/c1-7-12-10(14-13-7)6-8-4-2-3-5-9(8)11/h2-5H,6H2,1H3,(H,12,13,14). The van der Waals surface area contributed by atoms with Crippen molar-refractivity contribution in [2.24, 2.45) is 0 Å². The number of hydrogen-bond donors (Lipinski definition) is 1. The highest BCUT2D eigenvalue weighted by Crippen LogP contribution is 2.17. The van der Waals surface area contributed by atoms with E-state index in [4.69, 9.17) is 0 Å². The van der Waals surface area contributed by atoms with Gasteiger partial charge in [-0.05, 0) is 18.6 Å². The lowest BCUT2D eigenvalue weighted by Gasteiger charge is -1.99. The van der Waals surface area contributed by atoms with E-state index in [1.54, 1.807) is 0 Å². The minimum absolute atomic E-state index is 0.756. The quantitative estimate of drug-likeness (QED) is 0.891. The minimum Gasteiger partial charge on any atom is -0.263 e. The molecule has 1 heterocycles. The third-order valence-corrected chi connectivity index (χ3v) is 2.72. The Labute approximate surface area is 90.7 Å². The highest BCUT2D eigenvalue weighted by Gasteiger charge is 2.03. The van der Waals surface area contributed by atoms with E-state index in [9.17, 15) is 0 Å². The van der Waals surface area contributed by atoms with Crippen LogP contribution in [0.25, 0.3) is 0 Å². The fourth-order valence-electron chi connectivity index (χ4n) is 1.28. The first kappa shape index (κ1) is 9.40. The van der Waals surface area contributed by atoms with Crippen LogP contribution in [-0.2, 0) is 6.42 Å². The van der Waals surface area contributed by atoms with Crippen molar-refractivity contribution in [1.29, 1.82) is 0 Å². The molecular formula is C10H10BrN3. The van der Waals surface area contributed by atoms with Crippen LogP contribution in [0, 0.1) is 6.92 Å². The summed E-state index contributed by atoms with van der Waals surface area (Å²) in [5.74, 6) is 1.68. The van der Waals surface area contributed by atoms with Crippen molar-refractivity contribution in [2.45, 2.75) is 13.3 Å². The van der Waals surface area contributed by atoms with Crippen molar-refractivity contribution in [3.63, 3.8) is 0 Å². The Morgan fingerprint density at radius 3 is 2.79 bits per heavy atom. The number of nitrogens with zero attached hydrogens (tertiary/aromatic N) is 2. The zero-order valence-electron chi connectivity index (χ0n) is 7.79. The lowest BCUT2D eigenvalue weighted by molar-refractivity contribution is 0.967. The molecule has 0 amide bonds. The van der Waals surface area contributed by atoms with Crippen LogP contribution in [0.15, 0.2) is 28.7 Å². The van der Waals surface area contributed by atoms with Crippen LogP contribution in [0.4, 0.5) is 0 Å². The molecule has 0 spiro atoms. The molecule has 0 saturated carbocycles. The van der Waals surface area contributed by atoms with E-state index in [1.807, 2.05) is 25.1 Å². The molecule has 0 bridgehead atoms. The average molecular weight is 252 g/mol. The molecule has 4 heteroatoms. The number of hydrogen-bond acceptors (Lipinski definition) is 2. The third kappa shape index (κ3) is 2.01. The van der Waals surface area contributed by atoms with Crippen molar-refractivity contribution in [2.75, 3.05) is 0 Å². The van der Waals surface area contributed by atoms with E-state index < -0.39 is 0 Å². The van der Waals surface area contributed by atoms with E-state index >= 15 is 0 Å². The fourth-order valence-corrected chi connectivity index (χ4v) is 1.71. The molecular weight excluding hydrogens is 242 g/mol. The summed E-state index contributed by atoms with van der Waals surface area (Å²) in [6, 6.07) is 8.10. The first-order chi connectivity index (χ1) is 6.75. The Balaban J connectivity index is 2.23. The van der Waals surface area contributed by atoms with Crippen LogP contribution in [0.2, 0.25) is 0 Å². The van der Waals surface area contributed by atoms with E-state index in [-0.39, 0.29) is 0 Å². The molecule has 0 radical (unpaired) electrons. The number of aromatic amines is 1. The van der Waals surface area contributed by atoms with E-state index in [1.165, 1.54) is 5.56 Å². The molecule has 0 unspecified atom stereocenters. The normalized spacial score (nSPS) is 10.4. The second kappa shape index (κ2) is 3.92. The number of nitrogens with one attached hydrogen (secondary N) is 1. The Kier molecular flexibility index (Phi) is 2.63. The molecule has 1 aromatic carbocycles. The first-order valence-corrected chi connectivity index (χ1v) is 5.16. The summed E-state index contributed by atoms with van der Waals surface area (Å²) in [6.07, 6.45) is 0.756. The van der Waals surface area contributed by atoms with Crippen molar-refractivity contribution in [3.05, 3.63) is 46.0 Å². The lowest BCUT2D eigenvalue weighted by atomic mass is 10.1. The molecule has 1 N–H and O–H groups in total. The largest absolute Gasteiger partial charge is 0.263 e. The molecule has 3 nitrogen and oxygen atoms in total. The average Bonchev–Trinajstić information content (AvgIpc) is 2.56. The van der Waals surface area contributed by atoms with Gasteiger partial charge in [0.15, 0.2) is 5.82 Å². The van der Waals surface area contributed by atoms with Crippen molar-refractivity contribution >= 4 is 15.9 Å². The van der Waals surface area contributed by atoms with Gasteiger partial charge >= 0.3 is 0 Å². The highest BCUT2D eigenvalue weighted by molar-refractivity contribution is 9.10. The third-order valence-electron chi connectivity index (χ3n) is 1.95. The Hall–Kier alpha value is -1.16. The molecule has 0 aliphatic rings. The first-order valence-electron chi connectivity index (χ1n) is 4.37. The Morgan fingerprint density at radius 1 is 1.36 bits per heavy atom. The molecule has 0 fully saturated rings. The van der Waals surface area contributed by atoms with Gasteiger partial charge in [0, 0.05) is 10.9 Å². The van der Waals surface area contributed by atoms with Gasteiger partial charge in [-0.25, -0.2) is 4.98 Å². The van der Waals surface area contributed by atoms with Gasteiger partial charge < -0.3 is 0 Å². The molecule has 72 valence electrons. The topological polar surface area (TPSA) is 41.6 Å². The lowest BCUT2D eigenvalue weighted by Crippen LogP contribution is -1.91. The van der Waals surface area contributed by atoms with Crippen LogP contribution in [0.3, 0.4) is 0 Å².